The lowest BCUT2D eigenvalue weighted by molar-refractivity contribution is -0.131. The van der Waals surface area contributed by atoms with Crippen LogP contribution in [0, 0.1) is 17.3 Å². The van der Waals surface area contributed by atoms with E-state index >= 15 is 0 Å². The summed E-state index contributed by atoms with van der Waals surface area (Å²) < 4.78 is 0. The van der Waals surface area contributed by atoms with Crippen LogP contribution in [0.4, 0.5) is 0 Å². The molecule has 4 atom stereocenters. The lowest BCUT2D eigenvalue weighted by Crippen LogP contribution is -2.63. The Bertz CT molecular complexity index is 286. The van der Waals surface area contributed by atoms with Crippen molar-refractivity contribution in [3.63, 3.8) is 0 Å². The predicted molar refractivity (Wildman–Crippen MR) is 66.3 cm³/mol. The number of ketones is 1. The zero-order chi connectivity index (χ0) is 11.9. The summed E-state index contributed by atoms with van der Waals surface area (Å²) in [7, 11) is 0. The van der Waals surface area contributed by atoms with Crippen LogP contribution < -0.4 is 5.32 Å². The van der Waals surface area contributed by atoms with E-state index in [1.165, 1.54) is 25.7 Å². The molecule has 0 spiro atoms. The summed E-state index contributed by atoms with van der Waals surface area (Å²) >= 11 is 0. The molecule has 2 saturated heterocycles. The fraction of sp³-hybridized carbons (Fsp3) is 0.929. The molecule has 3 rings (SSSR count). The van der Waals surface area contributed by atoms with Crippen molar-refractivity contribution in [2.24, 2.45) is 17.3 Å². The molecule has 0 aromatic heterocycles. The van der Waals surface area contributed by atoms with Gasteiger partial charge in [-0.3, -0.25) is 4.79 Å². The minimum Gasteiger partial charge on any atom is -0.304 e. The Kier molecular flexibility index (Phi) is 3.13. The van der Waals surface area contributed by atoms with Crippen LogP contribution in [0.25, 0.3) is 0 Å². The number of nitrogens with one attached hydrogen (secondary N) is 1. The molecule has 0 aromatic carbocycles. The van der Waals surface area contributed by atoms with Crippen LogP contribution in [0.2, 0.25) is 0 Å². The van der Waals surface area contributed by atoms with Gasteiger partial charge in [-0.25, -0.2) is 0 Å². The summed E-state index contributed by atoms with van der Waals surface area (Å²) in [6.07, 6.45) is 4.97. The summed E-state index contributed by atoms with van der Waals surface area (Å²) in [5.41, 5.74) is 0.392. The third-order valence-corrected chi connectivity index (χ3v) is 4.93. The molecule has 2 nitrogen and oxygen atoms in total. The van der Waals surface area contributed by atoms with Gasteiger partial charge in [0, 0.05) is 12.0 Å². The molecule has 3 fully saturated rings. The molecule has 0 radical (unpaired) electrons. The van der Waals surface area contributed by atoms with E-state index in [2.05, 4.69) is 19.2 Å². The fourth-order valence-corrected chi connectivity index (χ4v) is 3.67. The Morgan fingerprint density at radius 1 is 1.44 bits per heavy atom. The Hall–Kier alpha value is -0.370. The number of Topliss-reactive ketones (excluding diaryl/α,β-unsaturated/α-hetero) is 1. The van der Waals surface area contributed by atoms with Crippen molar-refractivity contribution in [1.82, 2.24) is 5.32 Å². The summed E-state index contributed by atoms with van der Waals surface area (Å²) in [4.78, 5) is 12.2. The number of carbonyl (C=O) groups is 1. The Morgan fingerprint density at radius 3 is 2.62 bits per heavy atom. The lowest BCUT2D eigenvalue weighted by atomic mass is 9.58. The second-order valence-electron chi connectivity index (χ2n) is 6.29. The van der Waals surface area contributed by atoms with Gasteiger partial charge in [0.25, 0.3) is 0 Å². The highest BCUT2D eigenvalue weighted by molar-refractivity contribution is 5.86. The zero-order valence-electron chi connectivity index (χ0n) is 11.0. The van der Waals surface area contributed by atoms with Crippen LogP contribution in [0.5, 0.6) is 0 Å². The minimum atomic E-state index is 0.137. The van der Waals surface area contributed by atoms with Crippen LogP contribution in [0.3, 0.4) is 0 Å². The maximum Gasteiger partial charge on any atom is 0.152 e. The monoisotopic (exact) mass is 223 g/mol. The lowest BCUT2D eigenvalue weighted by Gasteiger charge is -2.54. The van der Waals surface area contributed by atoms with Gasteiger partial charge < -0.3 is 5.32 Å². The smallest absolute Gasteiger partial charge is 0.152 e. The average Bonchev–Trinajstić information content (AvgIpc) is 2.28. The molecule has 1 saturated carbocycles. The maximum atomic E-state index is 12.2. The van der Waals surface area contributed by atoms with Gasteiger partial charge in [0.05, 0.1) is 6.04 Å². The number of piperidine rings is 2. The number of hydrogen-bond acceptors (Lipinski definition) is 2. The summed E-state index contributed by atoms with van der Waals surface area (Å²) in [5.74, 6) is 1.16. The molecule has 16 heavy (non-hydrogen) atoms. The van der Waals surface area contributed by atoms with Crippen LogP contribution in [0.15, 0.2) is 0 Å². The van der Waals surface area contributed by atoms with Gasteiger partial charge in [0.1, 0.15) is 0 Å². The molecular weight excluding hydrogens is 198 g/mol. The molecule has 1 aliphatic carbocycles. The van der Waals surface area contributed by atoms with E-state index in [-0.39, 0.29) is 12.0 Å². The molecule has 0 aromatic rings. The highest BCUT2D eigenvalue weighted by Crippen LogP contribution is 2.49. The largest absolute Gasteiger partial charge is 0.304 e. The standard InChI is InChI=1S/C14H25NO/c1-5-14(4)8-10-6-7-11(14)12(15-10)13(16)9(2)3/h9-12,15H,5-8H2,1-4H3/t10-,11-,12?,14+/m0/s1. The number of rotatable bonds is 3. The highest BCUT2D eigenvalue weighted by atomic mass is 16.1. The molecule has 2 bridgehead atoms. The Morgan fingerprint density at radius 2 is 2.12 bits per heavy atom. The molecule has 1 unspecified atom stereocenters. The predicted octanol–water partition coefficient (Wildman–Crippen LogP) is 2.77. The number of fused-ring (bicyclic) bond motifs is 3. The molecular formula is C14H25NO. The second-order valence-corrected chi connectivity index (χ2v) is 6.29. The third kappa shape index (κ3) is 1.81. The van der Waals surface area contributed by atoms with E-state index in [4.69, 9.17) is 0 Å². The molecule has 2 heteroatoms. The highest BCUT2D eigenvalue weighted by Gasteiger charge is 2.50. The van der Waals surface area contributed by atoms with Gasteiger partial charge in [-0.1, -0.05) is 34.1 Å². The van der Waals surface area contributed by atoms with Crippen molar-refractivity contribution < 1.29 is 4.79 Å². The van der Waals surface area contributed by atoms with E-state index in [1.54, 1.807) is 0 Å². The Labute approximate surface area is 99.2 Å². The van der Waals surface area contributed by atoms with Crippen molar-refractivity contribution in [1.29, 1.82) is 0 Å². The van der Waals surface area contributed by atoms with Gasteiger partial charge in [-0.15, -0.1) is 0 Å². The van der Waals surface area contributed by atoms with Crippen molar-refractivity contribution in [2.75, 3.05) is 0 Å². The van der Waals surface area contributed by atoms with Crippen molar-refractivity contribution in [3.05, 3.63) is 0 Å². The molecule has 2 heterocycles. The first kappa shape index (κ1) is 12.1. The van der Waals surface area contributed by atoms with Crippen LogP contribution in [-0.2, 0) is 4.79 Å². The van der Waals surface area contributed by atoms with Crippen molar-refractivity contribution in [2.45, 2.75) is 65.5 Å². The topological polar surface area (TPSA) is 29.1 Å². The first-order valence-corrected chi connectivity index (χ1v) is 6.77. The zero-order valence-corrected chi connectivity index (χ0v) is 11.0. The van der Waals surface area contributed by atoms with Gasteiger partial charge >= 0.3 is 0 Å². The average molecular weight is 223 g/mol. The number of hydrogen-bond donors (Lipinski definition) is 1. The summed E-state index contributed by atoms with van der Waals surface area (Å²) in [6.45, 7) is 8.70. The van der Waals surface area contributed by atoms with E-state index in [9.17, 15) is 4.79 Å². The third-order valence-electron chi connectivity index (χ3n) is 4.93. The van der Waals surface area contributed by atoms with Gasteiger partial charge in [-0.05, 0) is 30.6 Å². The molecule has 3 aliphatic rings. The van der Waals surface area contributed by atoms with Crippen molar-refractivity contribution in [3.8, 4) is 0 Å². The van der Waals surface area contributed by atoms with E-state index < -0.39 is 0 Å². The van der Waals surface area contributed by atoms with E-state index in [0.29, 0.717) is 23.2 Å². The first-order chi connectivity index (χ1) is 7.48. The van der Waals surface area contributed by atoms with Gasteiger partial charge in [0.2, 0.25) is 0 Å². The summed E-state index contributed by atoms with van der Waals surface area (Å²) in [6, 6.07) is 0.722. The molecule has 1 N–H and O–H groups in total. The van der Waals surface area contributed by atoms with Crippen LogP contribution in [0.1, 0.15) is 53.4 Å². The minimum absolute atomic E-state index is 0.137. The first-order valence-electron chi connectivity index (χ1n) is 6.77. The maximum absolute atomic E-state index is 12.2. The van der Waals surface area contributed by atoms with Crippen LogP contribution >= 0.6 is 0 Å². The fourth-order valence-electron chi connectivity index (χ4n) is 3.67. The molecule has 2 aliphatic heterocycles. The van der Waals surface area contributed by atoms with Gasteiger partial charge in [-0.2, -0.15) is 0 Å². The normalized spacial score (nSPS) is 42.7. The van der Waals surface area contributed by atoms with Crippen LogP contribution in [-0.4, -0.2) is 17.9 Å². The Balaban J connectivity index is 2.20. The van der Waals surface area contributed by atoms with E-state index in [1.807, 2.05) is 13.8 Å². The second kappa shape index (κ2) is 4.14. The number of carbonyl (C=O) groups excluding carboxylic acids is 1. The SMILES string of the molecule is CC[C@]1(C)C[C@@H]2CC[C@H]1C(C(=O)C(C)C)N2. The van der Waals surface area contributed by atoms with Crippen molar-refractivity contribution >= 4 is 5.78 Å². The molecule has 92 valence electrons. The van der Waals surface area contributed by atoms with E-state index in [0.717, 1.165) is 0 Å². The summed E-state index contributed by atoms with van der Waals surface area (Å²) in [5, 5.41) is 3.57. The molecule has 0 amide bonds. The quantitative estimate of drug-likeness (QED) is 0.797. The van der Waals surface area contributed by atoms with Gasteiger partial charge in [0.15, 0.2) is 5.78 Å².